The van der Waals surface area contributed by atoms with Gasteiger partial charge in [-0.05, 0) is 48.4 Å². The minimum atomic E-state index is -3.45. The minimum absolute atomic E-state index is 0.0185. The van der Waals surface area contributed by atoms with E-state index >= 15 is 0 Å². The summed E-state index contributed by atoms with van der Waals surface area (Å²) in [5.74, 6) is 1.42. The zero-order chi connectivity index (χ0) is 21.0. The van der Waals surface area contributed by atoms with Gasteiger partial charge in [0.25, 0.3) is 5.89 Å². The predicted molar refractivity (Wildman–Crippen MR) is 108 cm³/mol. The summed E-state index contributed by atoms with van der Waals surface area (Å²) >= 11 is 0. The van der Waals surface area contributed by atoms with E-state index in [-0.39, 0.29) is 24.8 Å². The van der Waals surface area contributed by atoms with E-state index in [0.29, 0.717) is 18.8 Å². The van der Waals surface area contributed by atoms with Crippen molar-refractivity contribution in [1.82, 2.24) is 19.4 Å². The number of methoxy groups -OCH3 is 1. The normalized spacial score (nSPS) is 17.7. The van der Waals surface area contributed by atoms with Gasteiger partial charge < -0.3 is 14.0 Å². The van der Waals surface area contributed by atoms with Crippen molar-refractivity contribution in [3.8, 4) is 17.1 Å². The van der Waals surface area contributed by atoms with Crippen LogP contribution in [0.2, 0.25) is 0 Å². The lowest BCUT2D eigenvalue weighted by Gasteiger charge is -2.30. The molecular formula is C20H22N4O5S. The van der Waals surface area contributed by atoms with Gasteiger partial charge in [0.05, 0.1) is 19.5 Å². The highest BCUT2D eigenvalue weighted by atomic mass is 32.2. The summed E-state index contributed by atoms with van der Waals surface area (Å²) in [6.45, 7) is 0.705. The number of rotatable bonds is 7. The number of pyridine rings is 1. The first-order valence-electron chi connectivity index (χ1n) is 9.51. The van der Waals surface area contributed by atoms with Crippen LogP contribution in [0.3, 0.4) is 0 Å². The van der Waals surface area contributed by atoms with Crippen LogP contribution in [-0.2, 0) is 21.2 Å². The molecular weight excluding hydrogens is 408 g/mol. The van der Waals surface area contributed by atoms with Crippen LogP contribution in [0.15, 0.2) is 53.3 Å². The van der Waals surface area contributed by atoms with Crippen LogP contribution in [0.1, 0.15) is 17.6 Å². The number of morpholine rings is 1. The molecule has 0 amide bonds. The summed E-state index contributed by atoms with van der Waals surface area (Å²) in [6, 6.07) is 10.9. The molecule has 0 unspecified atom stereocenters. The van der Waals surface area contributed by atoms with Crippen LogP contribution in [-0.4, -0.2) is 60.4 Å². The average Bonchev–Trinajstić information content (AvgIpc) is 3.29. The second-order valence-corrected chi connectivity index (χ2v) is 8.91. The highest BCUT2D eigenvalue weighted by Crippen LogP contribution is 2.26. The average molecular weight is 430 g/mol. The lowest BCUT2D eigenvalue weighted by atomic mass is 10.2. The Labute approximate surface area is 174 Å². The van der Waals surface area contributed by atoms with Crippen molar-refractivity contribution < 1.29 is 22.4 Å². The first-order chi connectivity index (χ1) is 14.5. The highest BCUT2D eigenvalue weighted by molar-refractivity contribution is 7.89. The van der Waals surface area contributed by atoms with Crippen molar-refractivity contribution in [2.45, 2.75) is 12.5 Å². The van der Waals surface area contributed by atoms with E-state index in [1.54, 1.807) is 31.6 Å². The Morgan fingerprint density at radius 3 is 2.67 bits per heavy atom. The molecule has 1 atom stereocenters. The second-order valence-electron chi connectivity index (χ2n) is 6.82. The molecule has 4 rings (SSSR count). The molecule has 1 aliphatic heterocycles. The topological polar surface area (TPSA) is 108 Å². The van der Waals surface area contributed by atoms with Gasteiger partial charge in [0.1, 0.15) is 5.75 Å². The molecule has 30 heavy (non-hydrogen) atoms. The Bertz CT molecular complexity index is 1070. The van der Waals surface area contributed by atoms with Crippen molar-refractivity contribution in [3.05, 3.63) is 60.2 Å². The maximum absolute atomic E-state index is 12.8. The van der Waals surface area contributed by atoms with Gasteiger partial charge in [0, 0.05) is 31.0 Å². The predicted octanol–water partition coefficient (Wildman–Crippen LogP) is 2.09. The van der Waals surface area contributed by atoms with Gasteiger partial charge >= 0.3 is 0 Å². The number of aromatic nitrogens is 3. The van der Waals surface area contributed by atoms with Gasteiger partial charge in [-0.25, -0.2) is 8.42 Å². The van der Waals surface area contributed by atoms with Crippen LogP contribution < -0.4 is 4.74 Å². The molecule has 3 aromatic rings. The SMILES string of the molecule is COc1ccc(-c2noc([C@@H]3CN(S(=O)(=O)CCc4ccncc4)CCO3)n2)cc1. The number of sulfonamides is 1. The van der Waals surface area contributed by atoms with Crippen LogP contribution in [0.25, 0.3) is 11.4 Å². The van der Waals surface area contributed by atoms with Gasteiger partial charge in [-0.2, -0.15) is 9.29 Å². The number of ether oxygens (including phenoxy) is 2. The van der Waals surface area contributed by atoms with Crippen LogP contribution >= 0.6 is 0 Å². The Balaban J connectivity index is 1.42. The van der Waals surface area contributed by atoms with Crippen molar-refractivity contribution in [3.63, 3.8) is 0 Å². The molecule has 1 aromatic carbocycles. The molecule has 0 saturated carbocycles. The van der Waals surface area contributed by atoms with Gasteiger partial charge in [-0.3, -0.25) is 4.98 Å². The van der Waals surface area contributed by atoms with E-state index in [9.17, 15) is 8.42 Å². The van der Waals surface area contributed by atoms with E-state index in [2.05, 4.69) is 15.1 Å². The fourth-order valence-corrected chi connectivity index (χ4v) is 4.64. The van der Waals surface area contributed by atoms with Crippen molar-refractivity contribution in [2.75, 3.05) is 32.6 Å². The van der Waals surface area contributed by atoms with E-state index in [0.717, 1.165) is 16.9 Å². The number of hydrogen-bond donors (Lipinski definition) is 0. The number of benzene rings is 1. The minimum Gasteiger partial charge on any atom is -0.497 e. The van der Waals surface area contributed by atoms with Crippen LogP contribution in [0, 0.1) is 0 Å². The van der Waals surface area contributed by atoms with E-state index in [1.807, 2.05) is 24.3 Å². The highest BCUT2D eigenvalue weighted by Gasteiger charge is 2.33. The Morgan fingerprint density at radius 1 is 1.17 bits per heavy atom. The Morgan fingerprint density at radius 2 is 1.93 bits per heavy atom. The largest absolute Gasteiger partial charge is 0.497 e. The molecule has 158 valence electrons. The summed E-state index contributed by atoms with van der Waals surface area (Å²) < 4.78 is 43.2. The molecule has 3 heterocycles. The van der Waals surface area contributed by atoms with Gasteiger partial charge in [-0.15, -0.1) is 0 Å². The summed E-state index contributed by atoms with van der Waals surface area (Å²) in [6.07, 6.45) is 3.13. The van der Waals surface area contributed by atoms with Crippen LogP contribution in [0.4, 0.5) is 0 Å². The maximum atomic E-state index is 12.8. The summed E-state index contributed by atoms with van der Waals surface area (Å²) in [7, 11) is -1.85. The first kappa shape index (κ1) is 20.5. The smallest absolute Gasteiger partial charge is 0.257 e. The zero-order valence-electron chi connectivity index (χ0n) is 16.5. The Kier molecular flexibility index (Phi) is 6.07. The number of aryl methyl sites for hydroxylation is 1. The Hall–Kier alpha value is -2.82. The molecule has 0 spiro atoms. The summed E-state index contributed by atoms with van der Waals surface area (Å²) in [5, 5.41) is 4.00. The molecule has 2 aromatic heterocycles. The van der Waals surface area contributed by atoms with Crippen molar-refractivity contribution in [2.24, 2.45) is 0 Å². The fourth-order valence-electron chi connectivity index (χ4n) is 3.18. The quantitative estimate of drug-likeness (QED) is 0.561. The van der Waals surface area contributed by atoms with Gasteiger partial charge in [-0.1, -0.05) is 5.16 Å². The zero-order valence-corrected chi connectivity index (χ0v) is 17.3. The summed E-state index contributed by atoms with van der Waals surface area (Å²) in [5.41, 5.74) is 1.70. The third kappa shape index (κ3) is 4.66. The fraction of sp³-hybridized carbons (Fsp3) is 0.350. The lowest BCUT2D eigenvalue weighted by molar-refractivity contribution is -0.0199. The van der Waals surface area contributed by atoms with E-state index < -0.39 is 16.1 Å². The molecule has 0 N–H and O–H groups in total. The van der Waals surface area contributed by atoms with E-state index in [4.69, 9.17) is 14.0 Å². The molecule has 0 radical (unpaired) electrons. The molecule has 1 aliphatic rings. The third-order valence-corrected chi connectivity index (χ3v) is 6.72. The third-order valence-electron chi connectivity index (χ3n) is 4.89. The molecule has 9 nitrogen and oxygen atoms in total. The molecule has 0 bridgehead atoms. The monoisotopic (exact) mass is 430 g/mol. The maximum Gasteiger partial charge on any atom is 0.257 e. The first-order valence-corrected chi connectivity index (χ1v) is 11.1. The van der Waals surface area contributed by atoms with Crippen molar-refractivity contribution >= 4 is 10.0 Å². The second kappa shape index (κ2) is 8.90. The van der Waals surface area contributed by atoms with E-state index in [1.165, 1.54) is 4.31 Å². The number of hydrogen-bond acceptors (Lipinski definition) is 8. The number of nitrogens with zero attached hydrogens (tertiary/aromatic N) is 4. The van der Waals surface area contributed by atoms with Crippen molar-refractivity contribution in [1.29, 1.82) is 0 Å². The van der Waals surface area contributed by atoms with Gasteiger partial charge in [0.2, 0.25) is 15.8 Å². The van der Waals surface area contributed by atoms with Gasteiger partial charge in [0.15, 0.2) is 6.10 Å². The van der Waals surface area contributed by atoms with Crippen LogP contribution in [0.5, 0.6) is 5.75 Å². The summed E-state index contributed by atoms with van der Waals surface area (Å²) in [4.78, 5) is 8.35. The lowest BCUT2D eigenvalue weighted by Crippen LogP contribution is -2.43. The molecule has 1 saturated heterocycles. The molecule has 1 fully saturated rings. The molecule has 0 aliphatic carbocycles. The standard InChI is InChI=1S/C20H22N4O5S/c1-27-17-4-2-16(3-5-17)19-22-20(29-23-19)18-14-24(11-12-28-18)30(25,26)13-8-15-6-9-21-10-7-15/h2-7,9-10,18H,8,11-14H2,1H3/t18-/m0/s1. The molecule has 10 heteroatoms.